The summed E-state index contributed by atoms with van der Waals surface area (Å²) in [4.78, 5) is 22.2. The number of ether oxygens (including phenoxy) is 1. The predicted molar refractivity (Wildman–Crippen MR) is 68.1 cm³/mol. The van der Waals surface area contributed by atoms with Crippen molar-refractivity contribution in [3.05, 3.63) is 50.9 Å². The van der Waals surface area contributed by atoms with Crippen LogP contribution in [0.2, 0.25) is 5.02 Å². The van der Waals surface area contributed by atoms with E-state index in [2.05, 4.69) is 10.2 Å². The summed E-state index contributed by atoms with van der Waals surface area (Å²) in [5, 5.41) is 14.9. The molecule has 1 heterocycles. The van der Waals surface area contributed by atoms with Gasteiger partial charge in [0.1, 0.15) is 5.75 Å². The lowest BCUT2D eigenvalue weighted by Crippen LogP contribution is -2.11. The van der Waals surface area contributed by atoms with E-state index in [4.69, 9.17) is 21.4 Å². The zero-order valence-corrected chi connectivity index (χ0v) is 10.6. The van der Waals surface area contributed by atoms with E-state index in [1.807, 2.05) is 0 Å². The third kappa shape index (κ3) is 2.92. The molecule has 0 aliphatic carbocycles. The lowest BCUT2D eigenvalue weighted by molar-refractivity contribution is 0.0697. The maximum absolute atomic E-state index is 11.5. The van der Waals surface area contributed by atoms with Crippen molar-refractivity contribution in [1.82, 2.24) is 10.2 Å². The van der Waals surface area contributed by atoms with Crippen LogP contribution in [-0.4, -0.2) is 21.3 Å². The van der Waals surface area contributed by atoms with Gasteiger partial charge >= 0.3 is 11.5 Å². The number of carbonyl (C=O) groups is 1. The van der Waals surface area contributed by atoms with Crippen molar-refractivity contribution in [2.45, 2.75) is 6.92 Å². The molecule has 1 aromatic carbocycles. The van der Waals surface area contributed by atoms with Crippen molar-refractivity contribution in [1.29, 1.82) is 0 Å². The number of halogens is 1. The Balaban J connectivity index is 2.36. The van der Waals surface area contributed by atoms with Crippen LogP contribution in [0.4, 0.5) is 0 Å². The monoisotopic (exact) mass is 280 g/mol. The molecule has 98 valence electrons. The zero-order valence-electron chi connectivity index (χ0n) is 9.81. The zero-order chi connectivity index (χ0) is 14.0. The number of aromatic amines is 1. The maximum atomic E-state index is 11.5. The Kier molecular flexibility index (Phi) is 3.52. The molecule has 1 aromatic heterocycles. The Bertz CT molecular complexity index is 696. The van der Waals surface area contributed by atoms with E-state index in [-0.39, 0.29) is 22.1 Å². The van der Waals surface area contributed by atoms with Gasteiger partial charge in [-0.05, 0) is 25.1 Å². The van der Waals surface area contributed by atoms with Gasteiger partial charge in [-0.25, -0.2) is 9.89 Å². The molecule has 0 aliphatic rings. The molecule has 19 heavy (non-hydrogen) atoms. The van der Waals surface area contributed by atoms with Crippen molar-refractivity contribution in [2.75, 3.05) is 0 Å². The van der Waals surface area contributed by atoms with E-state index < -0.39 is 11.5 Å². The van der Waals surface area contributed by atoms with Gasteiger partial charge in [-0.1, -0.05) is 11.6 Å². The largest absolute Gasteiger partial charge is 0.478 e. The van der Waals surface area contributed by atoms with Crippen molar-refractivity contribution >= 4 is 17.6 Å². The van der Waals surface area contributed by atoms with Gasteiger partial charge < -0.3 is 9.84 Å². The molecule has 0 amide bonds. The van der Waals surface area contributed by atoms with Crippen LogP contribution < -0.4 is 10.3 Å². The van der Waals surface area contributed by atoms with Gasteiger partial charge in [-0.15, -0.1) is 0 Å². The summed E-state index contributed by atoms with van der Waals surface area (Å²) in [6, 6.07) is 5.44. The van der Waals surface area contributed by atoms with Crippen molar-refractivity contribution in [2.24, 2.45) is 0 Å². The number of nitrogens with one attached hydrogen (secondary N) is 1. The number of carboxylic acids is 1. The summed E-state index contributed by atoms with van der Waals surface area (Å²) in [5.41, 5.74) is 0.119. The molecule has 0 saturated heterocycles. The molecule has 2 aromatic rings. The quantitative estimate of drug-likeness (QED) is 0.899. The maximum Gasteiger partial charge on any atom is 0.335 e. The summed E-state index contributed by atoms with van der Waals surface area (Å²) in [6.45, 7) is 1.69. The van der Waals surface area contributed by atoms with Gasteiger partial charge in [0.05, 0.1) is 16.3 Å². The SMILES string of the molecule is Cc1cc(Oc2ccc(C(=O)O)cc2Cl)c(=O)[nH]n1. The van der Waals surface area contributed by atoms with E-state index in [9.17, 15) is 9.59 Å². The van der Waals surface area contributed by atoms with E-state index in [0.717, 1.165) is 0 Å². The number of aryl methyl sites for hydroxylation is 1. The van der Waals surface area contributed by atoms with Crippen LogP contribution in [-0.2, 0) is 0 Å². The molecule has 0 bridgehead atoms. The molecule has 2 rings (SSSR count). The molecule has 0 radical (unpaired) electrons. The number of H-pyrrole nitrogens is 1. The van der Waals surface area contributed by atoms with Gasteiger partial charge in [0, 0.05) is 6.07 Å². The Morgan fingerprint density at radius 2 is 2.11 bits per heavy atom. The van der Waals surface area contributed by atoms with Gasteiger partial charge in [0.2, 0.25) is 0 Å². The molecule has 0 spiro atoms. The fourth-order valence-electron chi connectivity index (χ4n) is 1.39. The normalized spacial score (nSPS) is 10.2. The first kappa shape index (κ1) is 13.1. The summed E-state index contributed by atoms with van der Waals surface area (Å²) in [6.07, 6.45) is 0. The van der Waals surface area contributed by atoms with Crippen LogP contribution in [0.15, 0.2) is 29.1 Å². The van der Waals surface area contributed by atoms with Gasteiger partial charge in [-0.2, -0.15) is 5.10 Å². The van der Waals surface area contributed by atoms with Crippen LogP contribution in [0.3, 0.4) is 0 Å². The number of hydrogen-bond donors (Lipinski definition) is 2. The predicted octanol–water partition coefficient (Wildman–Crippen LogP) is 2.22. The Labute approximate surface area is 112 Å². The Morgan fingerprint density at radius 3 is 2.74 bits per heavy atom. The second-order valence-electron chi connectivity index (χ2n) is 3.76. The molecular weight excluding hydrogens is 272 g/mol. The van der Waals surface area contributed by atoms with E-state index in [0.29, 0.717) is 5.69 Å². The highest BCUT2D eigenvalue weighted by Crippen LogP contribution is 2.28. The highest BCUT2D eigenvalue weighted by Gasteiger charge is 2.10. The first-order valence-corrected chi connectivity index (χ1v) is 5.62. The minimum absolute atomic E-state index is 0.0390. The Hall–Kier alpha value is -2.34. The highest BCUT2D eigenvalue weighted by atomic mass is 35.5. The summed E-state index contributed by atoms with van der Waals surface area (Å²) < 4.78 is 5.35. The molecule has 7 heteroatoms. The summed E-state index contributed by atoms with van der Waals surface area (Å²) in [5.74, 6) is -0.855. The molecule has 0 aliphatic heterocycles. The minimum atomic E-state index is -1.09. The number of carboxylic acid groups (broad SMARTS) is 1. The van der Waals surface area contributed by atoms with Crippen LogP contribution in [0.25, 0.3) is 0 Å². The fourth-order valence-corrected chi connectivity index (χ4v) is 1.61. The third-order valence-electron chi connectivity index (χ3n) is 2.30. The van der Waals surface area contributed by atoms with E-state index in [1.54, 1.807) is 6.92 Å². The van der Waals surface area contributed by atoms with Crippen LogP contribution in [0.5, 0.6) is 11.5 Å². The van der Waals surface area contributed by atoms with Gasteiger partial charge in [-0.3, -0.25) is 4.79 Å². The van der Waals surface area contributed by atoms with Gasteiger partial charge in [0.25, 0.3) is 0 Å². The average molecular weight is 281 g/mol. The number of aromatic nitrogens is 2. The Morgan fingerprint density at radius 1 is 1.37 bits per heavy atom. The number of aromatic carboxylic acids is 1. The molecule has 0 fully saturated rings. The molecule has 0 unspecified atom stereocenters. The van der Waals surface area contributed by atoms with Crippen molar-refractivity contribution in [3.8, 4) is 11.5 Å². The van der Waals surface area contributed by atoms with E-state index in [1.165, 1.54) is 24.3 Å². The topological polar surface area (TPSA) is 92.3 Å². The van der Waals surface area contributed by atoms with Gasteiger partial charge in [0.15, 0.2) is 5.75 Å². The average Bonchev–Trinajstić information content (AvgIpc) is 2.36. The van der Waals surface area contributed by atoms with Crippen LogP contribution >= 0.6 is 11.6 Å². The molecular formula is C12H9ClN2O4. The number of hydrogen-bond acceptors (Lipinski definition) is 4. The second kappa shape index (κ2) is 5.11. The minimum Gasteiger partial charge on any atom is -0.478 e. The van der Waals surface area contributed by atoms with Crippen molar-refractivity contribution < 1.29 is 14.6 Å². The molecule has 6 nitrogen and oxygen atoms in total. The molecule has 0 atom stereocenters. The number of benzene rings is 1. The number of nitrogens with zero attached hydrogens (tertiary/aromatic N) is 1. The van der Waals surface area contributed by atoms with E-state index >= 15 is 0 Å². The lowest BCUT2D eigenvalue weighted by Gasteiger charge is -2.07. The van der Waals surface area contributed by atoms with Crippen LogP contribution in [0.1, 0.15) is 16.1 Å². The van der Waals surface area contributed by atoms with Crippen molar-refractivity contribution in [3.63, 3.8) is 0 Å². The highest BCUT2D eigenvalue weighted by molar-refractivity contribution is 6.32. The summed E-state index contributed by atoms with van der Waals surface area (Å²) in [7, 11) is 0. The molecule has 0 saturated carbocycles. The fraction of sp³-hybridized carbons (Fsp3) is 0.0833. The first-order valence-electron chi connectivity index (χ1n) is 5.24. The first-order chi connectivity index (χ1) is 8.97. The molecule has 2 N–H and O–H groups in total. The van der Waals surface area contributed by atoms with Crippen LogP contribution in [0, 0.1) is 6.92 Å². The lowest BCUT2D eigenvalue weighted by atomic mass is 10.2. The second-order valence-corrected chi connectivity index (χ2v) is 4.16. The third-order valence-corrected chi connectivity index (χ3v) is 2.59. The smallest absolute Gasteiger partial charge is 0.335 e. The summed E-state index contributed by atoms with van der Waals surface area (Å²) >= 11 is 5.90. The number of rotatable bonds is 3. The standard InChI is InChI=1S/C12H9ClN2O4/c1-6-4-10(11(16)15-14-6)19-9-3-2-7(12(17)18)5-8(9)13/h2-5H,1H3,(H,15,16)(H,17,18).